The zero-order valence-corrected chi connectivity index (χ0v) is 24.9. The molecular formula is C30H32BClF3N5O6. The first kappa shape index (κ1) is 33.1. The fourth-order valence-electron chi connectivity index (χ4n) is 6.56. The molecule has 2 aromatic carbocycles. The summed E-state index contributed by atoms with van der Waals surface area (Å²) < 4.78 is 48.8. The Kier molecular flexibility index (Phi) is 8.53. The molecule has 11 nitrogen and oxygen atoms in total. The number of likely N-dealkylation sites (N-methyl/N-ethyl adjacent to an activating group) is 1. The van der Waals surface area contributed by atoms with Gasteiger partial charge >= 0.3 is 24.8 Å². The van der Waals surface area contributed by atoms with Gasteiger partial charge < -0.3 is 13.7 Å². The summed E-state index contributed by atoms with van der Waals surface area (Å²) >= 11 is 5.75. The Morgan fingerprint density at radius 3 is 1.80 bits per heavy atom. The van der Waals surface area contributed by atoms with Gasteiger partial charge in [0.2, 0.25) is 0 Å². The highest BCUT2D eigenvalue weighted by molar-refractivity contribution is 6.68. The van der Waals surface area contributed by atoms with Crippen molar-refractivity contribution in [2.45, 2.75) is 45.1 Å². The summed E-state index contributed by atoms with van der Waals surface area (Å²) in [4.78, 5) is 45.5. The highest BCUT2D eigenvalue weighted by atomic mass is 35.5. The van der Waals surface area contributed by atoms with Crippen molar-refractivity contribution in [2.75, 3.05) is 20.1 Å². The molecule has 4 atom stereocenters. The number of alkyl halides is 3. The molecule has 46 heavy (non-hydrogen) atoms. The molecule has 2 aromatic heterocycles. The number of benzene rings is 2. The molecule has 2 aliphatic carbocycles. The van der Waals surface area contributed by atoms with Crippen molar-refractivity contribution in [3.63, 3.8) is 0 Å². The summed E-state index contributed by atoms with van der Waals surface area (Å²) in [5, 5.41) is 14.5. The van der Waals surface area contributed by atoms with Crippen LogP contribution in [-0.4, -0.2) is 69.7 Å². The van der Waals surface area contributed by atoms with Crippen molar-refractivity contribution in [2.24, 2.45) is 11.8 Å². The summed E-state index contributed by atoms with van der Waals surface area (Å²) in [6.45, 7) is 0.913. The predicted molar refractivity (Wildman–Crippen MR) is 165 cm³/mol. The van der Waals surface area contributed by atoms with Crippen LogP contribution in [0.3, 0.4) is 0 Å². The van der Waals surface area contributed by atoms with E-state index in [-0.39, 0.29) is 55.8 Å². The number of nitrogens with one attached hydrogen (secondary N) is 2. The van der Waals surface area contributed by atoms with Gasteiger partial charge in [-0.15, -0.1) is 0 Å². The third-order valence-electron chi connectivity index (χ3n) is 9.10. The lowest BCUT2D eigenvalue weighted by molar-refractivity contribution is -0.794. The van der Waals surface area contributed by atoms with Gasteiger partial charge in [-0.05, 0) is 24.4 Å². The molecule has 2 aliphatic heterocycles. The minimum atomic E-state index is -4.19. The highest BCUT2D eigenvalue weighted by Crippen LogP contribution is 2.58. The lowest BCUT2D eigenvalue weighted by Crippen LogP contribution is -2.60. The number of hydrogen-bond acceptors (Lipinski definition) is 8. The van der Waals surface area contributed by atoms with E-state index in [1.165, 1.54) is 0 Å². The van der Waals surface area contributed by atoms with E-state index in [1.54, 1.807) is 42.5 Å². The fraction of sp³-hybridized carbons (Fsp3) is 0.400. The summed E-state index contributed by atoms with van der Waals surface area (Å²) in [5.41, 5.74) is -0.249. The number of halogens is 4. The second kappa shape index (κ2) is 11.8. The van der Waals surface area contributed by atoms with Crippen molar-refractivity contribution in [3.05, 3.63) is 80.1 Å². The van der Waals surface area contributed by atoms with Crippen molar-refractivity contribution < 1.29 is 36.5 Å². The first-order valence-electron chi connectivity index (χ1n) is 14.3. The van der Waals surface area contributed by atoms with Gasteiger partial charge in [0.1, 0.15) is 13.1 Å². The average Bonchev–Trinajstić information content (AvgIpc) is 3.89. The quantitative estimate of drug-likeness (QED) is 0.295. The van der Waals surface area contributed by atoms with E-state index in [4.69, 9.17) is 20.9 Å². The topological polar surface area (TPSA) is 144 Å². The molecule has 4 fully saturated rings. The molecule has 4 aromatic rings. The highest BCUT2D eigenvalue weighted by Gasteiger charge is 2.73. The Morgan fingerprint density at radius 2 is 1.33 bits per heavy atom. The lowest BCUT2D eigenvalue weighted by Gasteiger charge is -2.40. The Morgan fingerprint density at radius 1 is 0.848 bits per heavy atom. The average molecular weight is 662 g/mol. The standard InChI is InChI=1S/C12H9F3N2O.C9H14BNO4.C8H5ClN2O.CH4/c13-12(14,15)9-5-8(9)10-6-3-1-2-4-7(6)11(18)17-16-10;1-6-3-7(6)10-11(2,4-8(12)14-10)5-9(13)15-10;9-7-5-3-1-2-4-6(5)8(12)11-10-7;/h1-4,8-9H,5H2,(H,17,18);6-7H,3-5H2,1-2H3;1-4H,(H,11,12);1H4/t8-,9-;6-,7-,10?,11?;;/m11../s1. The lowest BCUT2D eigenvalue weighted by atomic mass is 9.61. The smallest absolute Gasteiger partial charge is 0.587 e. The monoisotopic (exact) mass is 661 g/mol. The van der Waals surface area contributed by atoms with Gasteiger partial charge in [0, 0.05) is 23.7 Å². The largest absolute Gasteiger partial charge is 0.600 e. The normalized spacial score (nSPS) is 28.9. The summed E-state index contributed by atoms with van der Waals surface area (Å²) in [7, 11) is 1.89. The first-order chi connectivity index (χ1) is 21.2. The molecule has 4 heterocycles. The predicted octanol–water partition coefficient (Wildman–Crippen LogP) is 4.70. The van der Waals surface area contributed by atoms with Gasteiger partial charge in [-0.25, -0.2) is 10.2 Å². The van der Waals surface area contributed by atoms with Crippen LogP contribution in [0.2, 0.25) is 11.0 Å². The van der Waals surface area contributed by atoms with Crippen LogP contribution >= 0.6 is 11.6 Å². The number of hydrogen-bond donors (Lipinski definition) is 2. The van der Waals surface area contributed by atoms with Crippen molar-refractivity contribution in [1.82, 2.24) is 20.4 Å². The molecule has 2 saturated carbocycles. The minimum Gasteiger partial charge on any atom is -0.600 e. The van der Waals surface area contributed by atoms with E-state index in [2.05, 4.69) is 27.3 Å². The van der Waals surface area contributed by atoms with E-state index in [0.29, 0.717) is 42.7 Å². The zero-order valence-electron chi connectivity index (χ0n) is 24.1. The Hall–Kier alpha value is -4.24. The number of H-pyrrole nitrogens is 2. The van der Waals surface area contributed by atoms with Crippen LogP contribution in [0.1, 0.15) is 38.8 Å². The van der Waals surface area contributed by atoms with E-state index < -0.39 is 24.7 Å². The zero-order chi connectivity index (χ0) is 32.3. The SMILES string of the molecule is C.C[C@@H]1C[C@H]1[B-]12OC(=O)C[N+]1(C)CC(=O)O2.O=c1[nH]nc(Cl)c2ccccc12.O=c1[nH]nc([C@@H]2C[C@H]2C(F)(F)F)c2ccccc12. The van der Waals surface area contributed by atoms with Crippen LogP contribution in [0.4, 0.5) is 13.2 Å². The summed E-state index contributed by atoms with van der Waals surface area (Å²) in [6, 6.07) is 13.7. The van der Waals surface area contributed by atoms with Crippen LogP contribution in [0.5, 0.6) is 0 Å². The summed E-state index contributed by atoms with van der Waals surface area (Å²) in [5.74, 6) is -1.69. The molecule has 0 unspecified atom stereocenters. The molecule has 0 radical (unpaired) electrons. The number of aromatic amines is 2. The van der Waals surface area contributed by atoms with Crippen molar-refractivity contribution in [3.8, 4) is 0 Å². The molecule has 0 amide bonds. The molecule has 0 spiro atoms. The molecule has 244 valence electrons. The van der Waals surface area contributed by atoms with Crippen LogP contribution in [-0.2, 0) is 18.9 Å². The maximum atomic E-state index is 12.6. The number of quaternary nitrogens is 1. The molecular weight excluding hydrogens is 630 g/mol. The minimum absolute atomic E-state index is 0. The van der Waals surface area contributed by atoms with Crippen LogP contribution in [0.25, 0.3) is 21.5 Å². The molecule has 8 rings (SSSR count). The fourth-order valence-corrected chi connectivity index (χ4v) is 6.77. The van der Waals surface area contributed by atoms with Gasteiger partial charge in [0.05, 0.1) is 22.4 Å². The Balaban J connectivity index is 0.000000137. The second-order valence-electron chi connectivity index (χ2n) is 12.2. The van der Waals surface area contributed by atoms with Crippen molar-refractivity contribution in [1.29, 1.82) is 0 Å². The van der Waals surface area contributed by atoms with Gasteiger partial charge in [-0.3, -0.25) is 19.2 Å². The number of rotatable bonds is 2. The van der Waals surface area contributed by atoms with Crippen LogP contribution in [0, 0.1) is 11.8 Å². The van der Waals surface area contributed by atoms with Crippen LogP contribution < -0.4 is 11.1 Å². The van der Waals surface area contributed by atoms with E-state index in [9.17, 15) is 32.3 Å². The number of carbonyl (C=O) groups excluding carboxylic acids is 2. The Bertz CT molecular complexity index is 1930. The maximum Gasteiger partial charge on any atom is 0.587 e. The van der Waals surface area contributed by atoms with Crippen LogP contribution in [0.15, 0.2) is 58.1 Å². The molecule has 16 heteroatoms. The number of nitrogens with zero attached hydrogens (tertiary/aromatic N) is 3. The third-order valence-corrected chi connectivity index (χ3v) is 9.39. The maximum absolute atomic E-state index is 12.6. The van der Waals surface area contributed by atoms with E-state index in [0.717, 1.165) is 6.42 Å². The molecule has 0 bridgehead atoms. The molecule has 2 saturated heterocycles. The van der Waals surface area contributed by atoms with Gasteiger partial charge in [-0.1, -0.05) is 74.7 Å². The second-order valence-corrected chi connectivity index (χ2v) is 12.6. The van der Waals surface area contributed by atoms with E-state index in [1.807, 2.05) is 13.1 Å². The first-order valence-corrected chi connectivity index (χ1v) is 14.7. The van der Waals surface area contributed by atoms with Gasteiger partial charge in [0.15, 0.2) is 5.15 Å². The van der Waals surface area contributed by atoms with E-state index >= 15 is 0 Å². The number of fused-ring (bicyclic) bond motifs is 3. The Labute approximate surface area is 265 Å². The summed E-state index contributed by atoms with van der Waals surface area (Å²) in [6.07, 6.45) is -3.15. The molecule has 4 aliphatic rings. The number of carbonyl (C=O) groups is 2. The van der Waals surface area contributed by atoms with Gasteiger partial charge in [0.25, 0.3) is 11.1 Å². The molecule has 2 N–H and O–H groups in total. The third kappa shape index (κ3) is 5.89. The van der Waals surface area contributed by atoms with Gasteiger partial charge in [-0.2, -0.15) is 23.4 Å². The van der Waals surface area contributed by atoms with Crippen molar-refractivity contribution >= 4 is 51.8 Å². The number of aromatic nitrogens is 4.